The van der Waals surface area contributed by atoms with Gasteiger partial charge in [0.2, 0.25) is 0 Å². The molecule has 1 aromatic carbocycles. The van der Waals surface area contributed by atoms with Gasteiger partial charge in [0, 0.05) is 51.0 Å². The molecule has 0 aliphatic carbocycles. The monoisotopic (exact) mass is 353 g/mol. The average Bonchev–Trinajstić information content (AvgIpc) is 2.92. The molecule has 1 atom stereocenters. The van der Waals surface area contributed by atoms with Gasteiger partial charge >= 0.3 is 0 Å². The van der Waals surface area contributed by atoms with Gasteiger partial charge in [-0.1, -0.05) is 30.3 Å². The summed E-state index contributed by atoms with van der Waals surface area (Å²) in [5, 5.41) is 0. The number of aromatic nitrogens is 1. The quantitative estimate of drug-likeness (QED) is 0.794. The normalized spacial score (nSPS) is 18.6. The van der Waals surface area contributed by atoms with Gasteiger partial charge in [0.05, 0.1) is 0 Å². The second-order valence-electron chi connectivity index (χ2n) is 7.18. The molecule has 1 saturated heterocycles. The van der Waals surface area contributed by atoms with Gasteiger partial charge in [0.15, 0.2) is 5.78 Å². The lowest BCUT2D eigenvalue weighted by Crippen LogP contribution is -2.40. The molecular formula is C21H27N3O2. The molecule has 1 aliphatic rings. The number of aryl methyl sites for hydroxylation is 1. The van der Waals surface area contributed by atoms with E-state index >= 15 is 0 Å². The summed E-state index contributed by atoms with van der Waals surface area (Å²) >= 11 is 0. The van der Waals surface area contributed by atoms with E-state index in [4.69, 9.17) is 0 Å². The second kappa shape index (κ2) is 7.87. The van der Waals surface area contributed by atoms with Crippen molar-refractivity contribution in [2.75, 3.05) is 19.6 Å². The Kier molecular flexibility index (Phi) is 5.57. The Morgan fingerprint density at radius 2 is 1.85 bits per heavy atom. The molecule has 5 nitrogen and oxygen atoms in total. The summed E-state index contributed by atoms with van der Waals surface area (Å²) in [6, 6.07) is 12.3. The minimum absolute atomic E-state index is 0.00839. The van der Waals surface area contributed by atoms with E-state index in [0.29, 0.717) is 17.8 Å². The molecule has 3 rings (SSSR count). The van der Waals surface area contributed by atoms with Crippen molar-refractivity contribution in [2.45, 2.75) is 32.9 Å². The molecule has 1 aliphatic heterocycles. The lowest BCUT2D eigenvalue weighted by molar-refractivity contribution is 0.0691. The first-order chi connectivity index (χ1) is 12.5. The van der Waals surface area contributed by atoms with Crippen LogP contribution in [0.25, 0.3) is 0 Å². The van der Waals surface area contributed by atoms with Crippen LogP contribution in [0.3, 0.4) is 0 Å². The minimum atomic E-state index is -0.0161. The fraction of sp³-hybridized carbons (Fsp3) is 0.429. The van der Waals surface area contributed by atoms with Crippen molar-refractivity contribution in [3.63, 3.8) is 0 Å². The van der Waals surface area contributed by atoms with Crippen LogP contribution in [-0.2, 0) is 13.6 Å². The number of Topliss-reactive ketones (excluding diaryl/α,β-unsaturated/α-hetero) is 1. The molecule has 26 heavy (non-hydrogen) atoms. The number of hydrogen-bond donors (Lipinski definition) is 0. The van der Waals surface area contributed by atoms with Crippen molar-refractivity contribution in [1.29, 1.82) is 0 Å². The minimum Gasteiger partial charge on any atom is -0.346 e. The molecule has 0 saturated carbocycles. The molecule has 1 amide bonds. The molecule has 2 heterocycles. The van der Waals surface area contributed by atoms with Gasteiger partial charge < -0.3 is 9.47 Å². The van der Waals surface area contributed by atoms with Crippen LogP contribution in [0.15, 0.2) is 42.6 Å². The maximum Gasteiger partial charge on any atom is 0.270 e. The third-order valence-corrected chi connectivity index (χ3v) is 5.19. The molecule has 1 fully saturated rings. The molecule has 0 bridgehead atoms. The van der Waals surface area contributed by atoms with Gasteiger partial charge in [0.25, 0.3) is 5.91 Å². The average molecular weight is 353 g/mol. The first kappa shape index (κ1) is 18.4. The second-order valence-corrected chi connectivity index (χ2v) is 7.18. The van der Waals surface area contributed by atoms with Crippen molar-refractivity contribution < 1.29 is 9.59 Å². The van der Waals surface area contributed by atoms with Crippen LogP contribution < -0.4 is 0 Å². The lowest BCUT2D eigenvalue weighted by atomic mass is 10.1. The predicted molar refractivity (Wildman–Crippen MR) is 102 cm³/mol. The van der Waals surface area contributed by atoms with Gasteiger partial charge in [-0.15, -0.1) is 0 Å². The lowest BCUT2D eigenvalue weighted by Gasteiger charge is -2.27. The van der Waals surface area contributed by atoms with Crippen molar-refractivity contribution in [1.82, 2.24) is 14.4 Å². The Morgan fingerprint density at radius 1 is 1.12 bits per heavy atom. The third kappa shape index (κ3) is 4.05. The van der Waals surface area contributed by atoms with E-state index in [9.17, 15) is 9.59 Å². The van der Waals surface area contributed by atoms with Gasteiger partial charge in [-0.25, -0.2) is 0 Å². The summed E-state index contributed by atoms with van der Waals surface area (Å²) in [6.45, 7) is 7.08. The topological polar surface area (TPSA) is 45.6 Å². The van der Waals surface area contributed by atoms with Crippen LogP contribution in [0.5, 0.6) is 0 Å². The van der Waals surface area contributed by atoms with Gasteiger partial charge in [-0.3, -0.25) is 14.5 Å². The molecule has 5 heteroatoms. The van der Waals surface area contributed by atoms with Crippen LogP contribution in [0, 0.1) is 0 Å². The van der Waals surface area contributed by atoms with E-state index in [0.717, 1.165) is 26.1 Å². The summed E-state index contributed by atoms with van der Waals surface area (Å²) in [7, 11) is 1.82. The molecule has 0 N–H and O–H groups in total. The Labute approximate surface area is 155 Å². The van der Waals surface area contributed by atoms with Crippen LogP contribution >= 0.6 is 0 Å². The van der Waals surface area contributed by atoms with E-state index in [1.54, 1.807) is 16.8 Å². The Hall–Kier alpha value is -2.40. The molecule has 138 valence electrons. The highest BCUT2D eigenvalue weighted by molar-refractivity contribution is 5.99. The van der Waals surface area contributed by atoms with Gasteiger partial charge in [0.1, 0.15) is 5.69 Å². The highest BCUT2D eigenvalue weighted by atomic mass is 16.2. The van der Waals surface area contributed by atoms with Crippen molar-refractivity contribution in [3.8, 4) is 0 Å². The largest absolute Gasteiger partial charge is 0.346 e. The van der Waals surface area contributed by atoms with Crippen molar-refractivity contribution in [3.05, 3.63) is 59.4 Å². The summed E-state index contributed by atoms with van der Waals surface area (Å²) < 4.78 is 1.76. The fourth-order valence-corrected chi connectivity index (χ4v) is 3.52. The van der Waals surface area contributed by atoms with Crippen molar-refractivity contribution >= 4 is 11.7 Å². The smallest absolute Gasteiger partial charge is 0.270 e. The van der Waals surface area contributed by atoms with E-state index in [1.807, 2.05) is 18.0 Å². The number of nitrogens with zero attached hydrogens (tertiary/aromatic N) is 3. The van der Waals surface area contributed by atoms with Crippen molar-refractivity contribution in [2.24, 2.45) is 7.05 Å². The Balaban J connectivity index is 1.70. The first-order valence-electron chi connectivity index (χ1n) is 9.20. The Bertz CT molecular complexity index is 782. The van der Waals surface area contributed by atoms with E-state index in [1.165, 1.54) is 12.5 Å². The van der Waals surface area contributed by atoms with Crippen LogP contribution in [0.1, 0.15) is 46.7 Å². The maximum atomic E-state index is 13.1. The molecule has 1 aromatic heterocycles. The number of rotatable bonds is 4. The number of carbonyl (C=O) groups excluding carboxylic acids is 2. The van der Waals surface area contributed by atoms with Crippen LogP contribution in [0.4, 0.5) is 0 Å². The first-order valence-corrected chi connectivity index (χ1v) is 9.20. The highest BCUT2D eigenvalue weighted by Gasteiger charge is 2.27. The zero-order valence-electron chi connectivity index (χ0n) is 15.8. The number of amides is 1. The van der Waals surface area contributed by atoms with E-state index in [-0.39, 0.29) is 17.7 Å². The van der Waals surface area contributed by atoms with E-state index in [2.05, 4.69) is 36.1 Å². The third-order valence-electron chi connectivity index (χ3n) is 5.19. The fourth-order valence-electron chi connectivity index (χ4n) is 3.52. The summed E-state index contributed by atoms with van der Waals surface area (Å²) in [6.07, 6.45) is 2.68. The maximum absolute atomic E-state index is 13.1. The number of carbonyl (C=O) groups is 2. The molecule has 0 spiro atoms. The molecule has 1 unspecified atom stereocenters. The summed E-state index contributed by atoms with van der Waals surface area (Å²) in [5.41, 5.74) is 2.47. The Morgan fingerprint density at radius 3 is 2.50 bits per heavy atom. The summed E-state index contributed by atoms with van der Waals surface area (Å²) in [5.74, 6) is -0.00772. The number of ketones is 1. The number of benzene rings is 1. The standard InChI is InChI=1S/C21H27N3O2/c1-16-9-10-23(14-18-7-5-4-6-8-18)11-12-24(16)21(26)20-13-19(17(2)25)15-22(20)3/h4-8,13,15-16H,9-12,14H2,1-3H3. The zero-order valence-corrected chi connectivity index (χ0v) is 15.8. The van der Waals surface area contributed by atoms with E-state index < -0.39 is 0 Å². The highest BCUT2D eigenvalue weighted by Crippen LogP contribution is 2.18. The number of hydrogen-bond acceptors (Lipinski definition) is 3. The molecular weight excluding hydrogens is 326 g/mol. The molecule has 0 radical (unpaired) electrons. The van der Waals surface area contributed by atoms with Gasteiger partial charge in [-0.05, 0) is 31.9 Å². The SMILES string of the molecule is CC(=O)c1cc(C(=O)N2CCN(Cc3ccccc3)CCC2C)n(C)c1. The predicted octanol–water partition coefficient (Wildman–Crippen LogP) is 2.96. The van der Waals surface area contributed by atoms with Crippen LogP contribution in [-0.4, -0.2) is 51.7 Å². The van der Waals surface area contributed by atoms with Crippen LogP contribution in [0.2, 0.25) is 0 Å². The molecule has 2 aromatic rings. The van der Waals surface area contributed by atoms with Gasteiger partial charge in [-0.2, -0.15) is 0 Å². The zero-order chi connectivity index (χ0) is 18.7. The summed E-state index contributed by atoms with van der Waals surface area (Å²) in [4.78, 5) is 29.0.